The summed E-state index contributed by atoms with van der Waals surface area (Å²) in [6.45, 7) is 3.28. The first kappa shape index (κ1) is 17.4. The molecule has 7 nitrogen and oxygen atoms in total. The van der Waals surface area contributed by atoms with Crippen molar-refractivity contribution in [1.29, 1.82) is 0 Å². The van der Waals surface area contributed by atoms with E-state index in [4.69, 9.17) is 0 Å². The lowest BCUT2D eigenvalue weighted by atomic mass is 10.2. The third kappa shape index (κ3) is 3.22. The van der Waals surface area contributed by atoms with E-state index in [1.807, 2.05) is 24.3 Å². The van der Waals surface area contributed by atoms with Gasteiger partial charge in [0, 0.05) is 31.9 Å². The molecule has 0 spiro atoms. The van der Waals surface area contributed by atoms with Gasteiger partial charge in [-0.05, 0) is 48.5 Å². The van der Waals surface area contributed by atoms with Gasteiger partial charge in [-0.25, -0.2) is 4.39 Å². The number of anilines is 2. The van der Waals surface area contributed by atoms with E-state index in [1.54, 1.807) is 34.8 Å². The van der Waals surface area contributed by atoms with Crippen LogP contribution < -0.4 is 9.80 Å². The summed E-state index contributed by atoms with van der Waals surface area (Å²) in [5, 5.41) is 22.4. The molecule has 8 heteroatoms. The van der Waals surface area contributed by atoms with Crippen molar-refractivity contribution in [1.82, 2.24) is 19.8 Å². The summed E-state index contributed by atoms with van der Waals surface area (Å²) in [6.07, 6.45) is 0. The van der Waals surface area contributed by atoms with Crippen LogP contribution in [0.2, 0.25) is 0 Å². The number of fused-ring (bicyclic) bond motifs is 1. The van der Waals surface area contributed by atoms with Gasteiger partial charge < -0.3 is 14.9 Å². The summed E-state index contributed by atoms with van der Waals surface area (Å²) in [5.41, 5.74) is 2.04. The van der Waals surface area contributed by atoms with E-state index in [1.165, 1.54) is 6.07 Å². The molecule has 5 rings (SSSR count). The maximum atomic E-state index is 14.2. The Morgan fingerprint density at radius 1 is 0.793 bits per heavy atom. The normalized spacial score (nSPS) is 14.5. The number of aromatic hydroxyl groups is 1. The van der Waals surface area contributed by atoms with Crippen LogP contribution in [-0.4, -0.2) is 51.1 Å². The maximum Gasteiger partial charge on any atom is 0.188 e. The maximum absolute atomic E-state index is 14.2. The van der Waals surface area contributed by atoms with E-state index in [0.717, 1.165) is 37.7 Å². The standard InChI is InChI=1S/C21H19FN6O/c22-18-4-2-1-3-17(18)21-24-23-19-9-10-20(25-28(19)21)27-13-11-26(12-14-27)15-5-7-16(29)8-6-15/h1-10,29H,11-14H2. The predicted molar refractivity (Wildman–Crippen MR) is 109 cm³/mol. The number of piperazine rings is 1. The molecule has 0 atom stereocenters. The number of phenolic OH excluding ortho intramolecular Hbond substituents is 1. The Kier molecular flexibility index (Phi) is 4.23. The molecular formula is C21H19FN6O. The average Bonchev–Trinajstić information content (AvgIpc) is 3.18. The van der Waals surface area contributed by atoms with Crippen LogP contribution in [0.4, 0.5) is 15.9 Å². The molecule has 0 unspecified atom stereocenters. The highest BCUT2D eigenvalue weighted by Crippen LogP contribution is 2.24. The van der Waals surface area contributed by atoms with Crippen LogP contribution in [0.5, 0.6) is 5.75 Å². The fourth-order valence-electron chi connectivity index (χ4n) is 3.62. The van der Waals surface area contributed by atoms with Gasteiger partial charge in [-0.1, -0.05) is 12.1 Å². The van der Waals surface area contributed by atoms with E-state index in [-0.39, 0.29) is 11.6 Å². The first-order chi connectivity index (χ1) is 14.2. The predicted octanol–water partition coefficient (Wildman–Crippen LogP) is 2.96. The van der Waals surface area contributed by atoms with E-state index in [2.05, 4.69) is 25.1 Å². The summed E-state index contributed by atoms with van der Waals surface area (Å²) in [7, 11) is 0. The van der Waals surface area contributed by atoms with Crippen molar-refractivity contribution in [2.24, 2.45) is 0 Å². The quantitative estimate of drug-likeness (QED) is 0.580. The van der Waals surface area contributed by atoms with Gasteiger partial charge in [0.05, 0.1) is 5.56 Å². The smallest absolute Gasteiger partial charge is 0.188 e. The Morgan fingerprint density at radius 2 is 1.52 bits per heavy atom. The average molecular weight is 390 g/mol. The van der Waals surface area contributed by atoms with Gasteiger partial charge in [0.25, 0.3) is 0 Å². The molecule has 1 fully saturated rings. The highest BCUT2D eigenvalue weighted by Gasteiger charge is 2.20. The molecule has 4 aromatic rings. The van der Waals surface area contributed by atoms with Gasteiger partial charge >= 0.3 is 0 Å². The van der Waals surface area contributed by atoms with Crippen LogP contribution in [0.1, 0.15) is 0 Å². The number of hydrogen-bond donors (Lipinski definition) is 1. The van der Waals surface area contributed by atoms with Gasteiger partial charge in [0.1, 0.15) is 17.4 Å². The van der Waals surface area contributed by atoms with Crippen LogP contribution in [0, 0.1) is 5.82 Å². The van der Waals surface area contributed by atoms with Crippen LogP contribution in [0.15, 0.2) is 60.7 Å². The molecule has 29 heavy (non-hydrogen) atoms. The van der Waals surface area contributed by atoms with Crippen molar-refractivity contribution in [3.8, 4) is 17.1 Å². The summed E-state index contributed by atoms with van der Waals surface area (Å²) in [4.78, 5) is 4.47. The molecule has 3 heterocycles. The highest BCUT2D eigenvalue weighted by atomic mass is 19.1. The van der Waals surface area contributed by atoms with E-state index in [0.29, 0.717) is 17.0 Å². The number of hydrogen-bond acceptors (Lipinski definition) is 6. The lowest BCUT2D eigenvalue weighted by Crippen LogP contribution is -2.46. The zero-order chi connectivity index (χ0) is 19.8. The molecular weight excluding hydrogens is 371 g/mol. The first-order valence-corrected chi connectivity index (χ1v) is 9.45. The van der Waals surface area contributed by atoms with Gasteiger partial charge in [-0.15, -0.1) is 15.3 Å². The minimum absolute atomic E-state index is 0.268. The van der Waals surface area contributed by atoms with Gasteiger partial charge in [0.15, 0.2) is 11.5 Å². The third-order valence-corrected chi connectivity index (χ3v) is 5.18. The number of phenols is 1. The fourth-order valence-corrected chi connectivity index (χ4v) is 3.62. The van der Waals surface area contributed by atoms with Crippen molar-refractivity contribution in [3.63, 3.8) is 0 Å². The number of aromatic nitrogens is 4. The zero-order valence-corrected chi connectivity index (χ0v) is 15.6. The Labute approximate surface area is 166 Å². The lowest BCUT2D eigenvalue weighted by molar-refractivity contribution is 0.475. The summed E-state index contributed by atoms with van der Waals surface area (Å²) < 4.78 is 15.8. The molecule has 146 valence electrons. The minimum atomic E-state index is -0.350. The third-order valence-electron chi connectivity index (χ3n) is 5.18. The van der Waals surface area contributed by atoms with Crippen molar-refractivity contribution < 1.29 is 9.50 Å². The van der Waals surface area contributed by atoms with Crippen molar-refractivity contribution >= 4 is 17.2 Å². The van der Waals surface area contributed by atoms with Crippen LogP contribution in [0.3, 0.4) is 0 Å². The topological polar surface area (TPSA) is 69.8 Å². The Balaban J connectivity index is 1.39. The van der Waals surface area contributed by atoms with Gasteiger partial charge in [-0.2, -0.15) is 4.52 Å². The Bertz CT molecular complexity index is 1150. The minimum Gasteiger partial charge on any atom is -0.508 e. The molecule has 1 aliphatic rings. The summed E-state index contributed by atoms with van der Waals surface area (Å²) >= 11 is 0. The second-order valence-corrected chi connectivity index (χ2v) is 6.96. The molecule has 0 aliphatic carbocycles. The second-order valence-electron chi connectivity index (χ2n) is 6.96. The molecule has 1 N–H and O–H groups in total. The SMILES string of the molecule is Oc1ccc(N2CCN(c3ccc4nnc(-c5ccccc5F)n4n3)CC2)cc1. The van der Waals surface area contributed by atoms with Crippen molar-refractivity contribution in [2.75, 3.05) is 36.0 Å². The highest BCUT2D eigenvalue weighted by molar-refractivity contribution is 5.60. The first-order valence-electron chi connectivity index (χ1n) is 9.45. The lowest BCUT2D eigenvalue weighted by Gasteiger charge is -2.36. The van der Waals surface area contributed by atoms with Crippen LogP contribution in [0.25, 0.3) is 17.0 Å². The van der Waals surface area contributed by atoms with E-state index < -0.39 is 0 Å². The Hall–Kier alpha value is -3.68. The van der Waals surface area contributed by atoms with Crippen LogP contribution >= 0.6 is 0 Å². The molecule has 0 saturated carbocycles. The molecule has 0 bridgehead atoms. The molecule has 2 aromatic carbocycles. The second kappa shape index (κ2) is 7.05. The monoisotopic (exact) mass is 390 g/mol. The van der Waals surface area contributed by atoms with Gasteiger partial charge in [0.2, 0.25) is 0 Å². The molecule has 0 amide bonds. The summed E-state index contributed by atoms with van der Waals surface area (Å²) in [6, 6.07) is 17.5. The zero-order valence-electron chi connectivity index (χ0n) is 15.6. The Morgan fingerprint density at radius 3 is 2.28 bits per heavy atom. The van der Waals surface area contributed by atoms with Crippen LogP contribution in [-0.2, 0) is 0 Å². The number of benzene rings is 2. The fraction of sp³-hybridized carbons (Fsp3) is 0.190. The molecule has 0 radical (unpaired) electrons. The molecule has 2 aromatic heterocycles. The largest absolute Gasteiger partial charge is 0.508 e. The number of rotatable bonds is 3. The molecule has 1 saturated heterocycles. The van der Waals surface area contributed by atoms with Gasteiger partial charge in [-0.3, -0.25) is 0 Å². The van der Waals surface area contributed by atoms with E-state index in [9.17, 15) is 9.50 Å². The van der Waals surface area contributed by atoms with Crippen molar-refractivity contribution in [3.05, 3.63) is 66.5 Å². The van der Waals surface area contributed by atoms with Crippen molar-refractivity contribution in [2.45, 2.75) is 0 Å². The number of nitrogens with zero attached hydrogens (tertiary/aromatic N) is 6. The number of halogens is 1. The summed E-state index contributed by atoms with van der Waals surface area (Å²) in [5.74, 6) is 1.11. The van der Waals surface area contributed by atoms with E-state index >= 15 is 0 Å². The molecule has 1 aliphatic heterocycles.